The van der Waals surface area contributed by atoms with Crippen LogP contribution >= 0.6 is 0 Å². The molecule has 27 heavy (non-hydrogen) atoms. The molecule has 1 unspecified atom stereocenters. The highest BCUT2D eigenvalue weighted by Gasteiger charge is 2.47. The Morgan fingerprint density at radius 2 is 1.59 bits per heavy atom. The van der Waals surface area contributed by atoms with Crippen LogP contribution in [-0.4, -0.2) is 34.2 Å². The molecule has 2 aromatic carbocycles. The van der Waals surface area contributed by atoms with Crippen LogP contribution in [0.3, 0.4) is 0 Å². The van der Waals surface area contributed by atoms with Crippen molar-refractivity contribution in [1.29, 1.82) is 0 Å². The summed E-state index contributed by atoms with van der Waals surface area (Å²) in [6.45, 7) is 7.51. The van der Waals surface area contributed by atoms with Crippen LogP contribution in [0, 0.1) is 6.92 Å². The summed E-state index contributed by atoms with van der Waals surface area (Å²) in [6, 6.07) is 15.3. The first-order valence-electron chi connectivity index (χ1n) is 9.03. The average Bonchev–Trinajstić information content (AvgIpc) is 2.89. The molecule has 1 saturated heterocycles. The maximum Gasteiger partial charge on any atom is 0.257 e. The van der Waals surface area contributed by atoms with Gasteiger partial charge in [0, 0.05) is 11.1 Å². The minimum atomic E-state index is -0.815. The Bertz CT molecular complexity index is 884. The van der Waals surface area contributed by atoms with Gasteiger partial charge in [0.05, 0.1) is 12.1 Å². The number of para-hydroxylation sites is 1. The highest BCUT2D eigenvalue weighted by Crippen LogP contribution is 2.31. The highest BCUT2D eigenvalue weighted by atomic mass is 16.2. The molecule has 5 nitrogen and oxygen atoms in total. The molecule has 0 aliphatic carbocycles. The number of imide groups is 1. The number of rotatable bonds is 3. The van der Waals surface area contributed by atoms with Crippen LogP contribution in [0.4, 0.5) is 5.69 Å². The molecule has 0 spiro atoms. The first-order valence-corrected chi connectivity index (χ1v) is 9.03. The van der Waals surface area contributed by atoms with Crippen molar-refractivity contribution in [3.8, 4) is 0 Å². The highest BCUT2D eigenvalue weighted by molar-refractivity contribution is 6.23. The van der Waals surface area contributed by atoms with Gasteiger partial charge in [0.1, 0.15) is 6.04 Å². The third-order valence-electron chi connectivity index (χ3n) is 4.77. The lowest BCUT2D eigenvalue weighted by molar-refractivity contribution is -0.123. The number of nitrogens with zero attached hydrogens (tertiary/aromatic N) is 2. The van der Waals surface area contributed by atoms with Gasteiger partial charge in [-0.15, -0.1) is 0 Å². The van der Waals surface area contributed by atoms with Crippen LogP contribution in [0.2, 0.25) is 0 Å². The molecule has 3 rings (SSSR count). The normalized spacial score (nSPS) is 17.3. The van der Waals surface area contributed by atoms with Gasteiger partial charge >= 0.3 is 0 Å². The van der Waals surface area contributed by atoms with E-state index in [0.717, 1.165) is 5.56 Å². The summed E-state index contributed by atoms with van der Waals surface area (Å²) in [4.78, 5) is 41.8. The molecule has 3 amide bonds. The summed E-state index contributed by atoms with van der Waals surface area (Å²) >= 11 is 0. The van der Waals surface area contributed by atoms with Crippen LogP contribution in [-0.2, 0) is 9.59 Å². The number of benzene rings is 2. The van der Waals surface area contributed by atoms with E-state index in [1.807, 2.05) is 45.9 Å². The zero-order chi connectivity index (χ0) is 19.8. The SMILES string of the molecule is Cc1ccccc1C(=O)N(C1CC(=O)N(c2ccccc2)C1=O)C(C)(C)C. The van der Waals surface area contributed by atoms with E-state index in [-0.39, 0.29) is 24.1 Å². The summed E-state index contributed by atoms with van der Waals surface area (Å²) in [6.07, 6.45) is -0.0113. The van der Waals surface area contributed by atoms with Gasteiger partial charge in [0.15, 0.2) is 0 Å². The van der Waals surface area contributed by atoms with Gasteiger partial charge in [0.2, 0.25) is 5.91 Å². The standard InChI is InChI=1S/C22H24N2O3/c1-15-10-8-9-13-17(15)20(26)24(22(2,3)4)18-14-19(25)23(21(18)27)16-11-6-5-7-12-16/h5-13,18H,14H2,1-4H3. The Balaban J connectivity index is 2.00. The van der Waals surface area contributed by atoms with Crippen molar-refractivity contribution in [3.63, 3.8) is 0 Å². The maximum atomic E-state index is 13.3. The molecule has 0 saturated carbocycles. The number of carbonyl (C=O) groups excluding carboxylic acids is 3. The second-order valence-electron chi connectivity index (χ2n) is 7.78. The average molecular weight is 364 g/mol. The molecule has 1 heterocycles. The first kappa shape index (κ1) is 18.8. The molecule has 0 bridgehead atoms. The van der Waals surface area contributed by atoms with E-state index < -0.39 is 11.6 Å². The van der Waals surface area contributed by atoms with Crippen LogP contribution in [0.5, 0.6) is 0 Å². The van der Waals surface area contributed by atoms with Gasteiger partial charge in [-0.25, -0.2) is 4.90 Å². The van der Waals surface area contributed by atoms with E-state index in [4.69, 9.17) is 0 Å². The van der Waals surface area contributed by atoms with Gasteiger partial charge < -0.3 is 4.90 Å². The van der Waals surface area contributed by atoms with Crippen molar-refractivity contribution in [2.45, 2.75) is 45.7 Å². The topological polar surface area (TPSA) is 57.7 Å². The molecule has 1 fully saturated rings. The number of hydrogen-bond donors (Lipinski definition) is 0. The van der Waals surface area contributed by atoms with Gasteiger partial charge in [-0.2, -0.15) is 0 Å². The molecule has 0 radical (unpaired) electrons. The summed E-state index contributed by atoms with van der Waals surface area (Å²) in [5, 5.41) is 0. The van der Waals surface area contributed by atoms with E-state index in [1.165, 1.54) is 4.90 Å². The van der Waals surface area contributed by atoms with E-state index in [9.17, 15) is 14.4 Å². The minimum Gasteiger partial charge on any atom is -0.321 e. The molecule has 1 aliphatic heterocycles. The predicted molar refractivity (Wildman–Crippen MR) is 104 cm³/mol. The van der Waals surface area contributed by atoms with Crippen molar-refractivity contribution < 1.29 is 14.4 Å². The number of hydrogen-bond acceptors (Lipinski definition) is 3. The fourth-order valence-corrected chi connectivity index (χ4v) is 3.52. The number of anilines is 1. The van der Waals surface area contributed by atoms with Gasteiger partial charge in [0.25, 0.3) is 11.8 Å². The van der Waals surface area contributed by atoms with Gasteiger partial charge in [-0.3, -0.25) is 14.4 Å². The second kappa shape index (κ2) is 6.99. The Morgan fingerprint density at radius 1 is 1.00 bits per heavy atom. The molecule has 2 aromatic rings. The molecule has 5 heteroatoms. The van der Waals surface area contributed by atoms with Gasteiger partial charge in [-0.05, 0) is 51.5 Å². The van der Waals surface area contributed by atoms with Crippen LogP contribution in [0.15, 0.2) is 54.6 Å². The Kier molecular flexibility index (Phi) is 4.87. The predicted octanol–water partition coefficient (Wildman–Crippen LogP) is 3.57. The molecule has 1 atom stereocenters. The molecule has 0 aromatic heterocycles. The summed E-state index contributed by atoms with van der Waals surface area (Å²) in [7, 11) is 0. The summed E-state index contributed by atoms with van der Waals surface area (Å²) < 4.78 is 0. The lowest BCUT2D eigenvalue weighted by atomic mass is 9.98. The lowest BCUT2D eigenvalue weighted by Gasteiger charge is -2.39. The molecular weight excluding hydrogens is 340 g/mol. The zero-order valence-corrected chi connectivity index (χ0v) is 16.1. The van der Waals surface area contributed by atoms with Crippen molar-refractivity contribution in [2.75, 3.05) is 4.90 Å². The Labute approximate surface area is 159 Å². The Morgan fingerprint density at radius 3 is 2.19 bits per heavy atom. The van der Waals surface area contributed by atoms with Crippen LogP contribution in [0.1, 0.15) is 43.1 Å². The fourth-order valence-electron chi connectivity index (χ4n) is 3.52. The number of carbonyl (C=O) groups is 3. The zero-order valence-electron chi connectivity index (χ0n) is 16.1. The number of aryl methyl sites for hydroxylation is 1. The molecule has 140 valence electrons. The molecule has 1 aliphatic rings. The van der Waals surface area contributed by atoms with E-state index in [0.29, 0.717) is 11.3 Å². The van der Waals surface area contributed by atoms with Crippen molar-refractivity contribution >= 4 is 23.4 Å². The monoisotopic (exact) mass is 364 g/mol. The van der Waals surface area contributed by atoms with Gasteiger partial charge in [-0.1, -0.05) is 36.4 Å². The van der Waals surface area contributed by atoms with Crippen LogP contribution in [0.25, 0.3) is 0 Å². The fraction of sp³-hybridized carbons (Fsp3) is 0.318. The minimum absolute atomic E-state index is 0.0113. The third kappa shape index (κ3) is 3.50. The van der Waals surface area contributed by atoms with Crippen LogP contribution < -0.4 is 4.90 Å². The molecule has 0 N–H and O–H groups in total. The summed E-state index contributed by atoms with van der Waals surface area (Å²) in [5.74, 6) is -0.882. The Hall–Kier alpha value is -2.95. The molecular formula is C22H24N2O3. The largest absolute Gasteiger partial charge is 0.321 e. The second-order valence-corrected chi connectivity index (χ2v) is 7.78. The first-order chi connectivity index (χ1) is 12.7. The quantitative estimate of drug-likeness (QED) is 0.783. The number of amides is 3. The van der Waals surface area contributed by atoms with Crippen molar-refractivity contribution in [3.05, 3.63) is 65.7 Å². The summed E-state index contributed by atoms with van der Waals surface area (Å²) in [5.41, 5.74) is 1.30. The lowest BCUT2D eigenvalue weighted by Crippen LogP contribution is -2.54. The van der Waals surface area contributed by atoms with E-state index >= 15 is 0 Å². The van der Waals surface area contributed by atoms with E-state index in [2.05, 4.69) is 0 Å². The smallest absolute Gasteiger partial charge is 0.257 e. The maximum absolute atomic E-state index is 13.3. The van der Waals surface area contributed by atoms with E-state index in [1.54, 1.807) is 41.3 Å². The third-order valence-corrected chi connectivity index (χ3v) is 4.77. The van der Waals surface area contributed by atoms with Crippen molar-refractivity contribution in [1.82, 2.24) is 4.90 Å². The van der Waals surface area contributed by atoms with Crippen molar-refractivity contribution in [2.24, 2.45) is 0 Å².